The maximum absolute atomic E-state index is 5.43. The van der Waals surface area contributed by atoms with Crippen molar-refractivity contribution >= 4 is 0 Å². The smallest absolute Gasteiger partial charge is 0.0615 e. The van der Waals surface area contributed by atoms with Crippen molar-refractivity contribution in [3.63, 3.8) is 0 Å². The van der Waals surface area contributed by atoms with Crippen molar-refractivity contribution in [2.24, 2.45) is 0 Å². The number of nitrogens with one attached hydrogen (secondary N) is 1. The van der Waals surface area contributed by atoms with Gasteiger partial charge in [0.1, 0.15) is 0 Å². The van der Waals surface area contributed by atoms with Crippen molar-refractivity contribution in [2.45, 2.75) is 44.7 Å². The van der Waals surface area contributed by atoms with Gasteiger partial charge in [-0.2, -0.15) is 0 Å². The van der Waals surface area contributed by atoms with E-state index in [4.69, 9.17) is 9.47 Å². The highest BCUT2D eigenvalue weighted by Crippen LogP contribution is 2.09. The van der Waals surface area contributed by atoms with Crippen LogP contribution in [0.3, 0.4) is 0 Å². The molecule has 0 aromatic carbocycles. The lowest BCUT2D eigenvalue weighted by molar-refractivity contribution is 0.137. The number of hydrogen-bond donors (Lipinski definition) is 1. The van der Waals surface area contributed by atoms with Gasteiger partial charge in [-0.25, -0.2) is 0 Å². The lowest BCUT2D eigenvalue weighted by Gasteiger charge is -2.23. The van der Waals surface area contributed by atoms with E-state index < -0.39 is 0 Å². The predicted octanol–water partition coefficient (Wildman–Crippen LogP) is 1.57. The summed E-state index contributed by atoms with van der Waals surface area (Å²) < 4.78 is 10.6. The van der Waals surface area contributed by atoms with Crippen LogP contribution in [0, 0.1) is 0 Å². The van der Waals surface area contributed by atoms with Crippen LogP contribution in [-0.4, -0.2) is 39.0 Å². The van der Waals surface area contributed by atoms with E-state index in [-0.39, 0.29) is 0 Å². The lowest BCUT2D eigenvalue weighted by Crippen LogP contribution is -2.40. The highest BCUT2D eigenvalue weighted by atomic mass is 16.5. The fraction of sp³-hybridized carbons (Fsp3) is 1.00. The Morgan fingerprint density at radius 1 is 1.43 bits per heavy atom. The van der Waals surface area contributed by atoms with Gasteiger partial charge in [0.25, 0.3) is 0 Å². The first-order valence-electron chi connectivity index (χ1n) is 5.69. The summed E-state index contributed by atoms with van der Waals surface area (Å²) in [5.74, 6) is 0. The molecule has 1 aliphatic heterocycles. The van der Waals surface area contributed by atoms with Crippen LogP contribution in [0.4, 0.5) is 0 Å². The fourth-order valence-electron chi connectivity index (χ4n) is 1.89. The molecule has 0 spiro atoms. The quantitative estimate of drug-likeness (QED) is 0.732. The molecule has 0 amide bonds. The van der Waals surface area contributed by atoms with Gasteiger partial charge >= 0.3 is 0 Å². The third-order valence-electron chi connectivity index (χ3n) is 2.78. The van der Waals surface area contributed by atoms with E-state index in [0.717, 1.165) is 32.7 Å². The maximum Gasteiger partial charge on any atom is 0.0615 e. The molecule has 0 saturated carbocycles. The summed E-state index contributed by atoms with van der Waals surface area (Å²) in [6.45, 7) is 4.85. The van der Waals surface area contributed by atoms with Gasteiger partial charge in [0.2, 0.25) is 0 Å². The average Bonchev–Trinajstić information content (AvgIpc) is 2.45. The van der Waals surface area contributed by atoms with E-state index in [1.54, 1.807) is 7.11 Å². The fourth-order valence-corrected chi connectivity index (χ4v) is 1.89. The Hall–Kier alpha value is -0.120. The second-order valence-corrected chi connectivity index (χ2v) is 3.97. The standard InChI is InChI=1S/C11H23NO2/c1-3-10(9-13-2)12-11-5-4-7-14-8-6-11/h10-12H,3-9H2,1-2H3. The van der Waals surface area contributed by atoms with Crippen molar-refractivity contribution in [1.82, 2.24) is 5.32 Å². The van der Waals surface area contributed by atoms with Gasteiger partial charge in [0.15, 0.2) is 0 Å². The SMILES string of the molecule is CCC(COC)NC1CCCOCC1. The van der Waals surface area contributed by atoms with E-state index in [1.807, 2.05) is 0 Å². The third kappa shape index (κ3) is 4.40. The summed E-state index contributed by atoms with van der Waals surface area (Å²) in [4.78, 5) is 0. The Balaban J connectivity index is 2.24. The summed E-state index contributed by atoms with van der Waals surface area (Å²) in [6.07, 6.45) is 4.69. The second kappa shape index (κ2) is 7.21. The lowest BCUT2D eigenvalue weighted by atomic mass is 10.1. The van der Waals surface area contributed by atoms with Crippen molar-refractivity contribution in [3.05, 3.63) is 0 Å². The first-order chi connectivity index (χ1) is 6.86. The molecule has 3 heteroatoms. The Labute approximate surface area is 87.2 Å². The van der Waals surface area contributed by atoms with Gasteiger partial charge in [0, 0.05) is 32.4 Å². The molecule has 1 saturated heterocycles. The molecular weight excluding hydrogens is 178 g/mol. The second-order valence-electron chi connectivity index (χ2n) is 3.97. The molecule has 3 nitrogen and oxygen atoms in total. The molecule has 1 rings (SSSR count). The van der Waals surface area contributed by atoms with E-state index in [2.05, 4.69) is 12.2 Å². The minimum Gasteiger partial charge on any atom is -0.383 e. The van der Waals surface area contributed by atoms with Crippen LogP contribution in [0.15, 0.2) is 0 Å². The van der Waals surface area contributed by atoms with Crippen LogP contribution in [0.1, 0.15) is 32.6 Å². The van der Waals surface area contributed by atoms with Gasteiger partial charge in [-0.05, 0) is 25.7 Å². The molecule has 1 aliphatic rings. The molecule has 0 aromatic heterocycles. The Morgan fingerprint density at radius 2 is 2.29 bits per heavy atom. The molecular formula is C11H23NO2. The highest BCUT2D eigenvalue weighted by Gasteiger charge is 2.15. The molecule has 2 unspecified atom stereocenters. The van der Waals surface area contributed by atoms with Gasteiger partial charge in [-0.1, -0.05) is 6.92 Å². The number of rotatable bonds is 5. The van der Waals surface area contributed by atoms with Crippen LogP contribution in [0.25, 0.3) is 0 Å². The minimum atomic E-state index is 0.503. The van der Waals surface area contributed by atoms with Gasteiger partial charge < -0.3 is 14.8 Å². The van der Waals surface area contributed by atoms with Crippen molar-refractivity contribution < 1.29 is 9.47 Å². The maximum atomic E-state index is 5.43. The zero-order valence-electron chi connectivity index (χ0n) is 9.42. The van der Waals surface area contributed by atoms with E-state index in [0.29, 0.717) is 12.1 Å². The molecule has 0 aliphatic carbocycles. The molecule has 1 heterocycles. The molecule has 2 atom stereocenters. The third-order valence-corrected chi connectivity index (χ3v) is 2.78. The topological polar surface area (TPSA) is 30.5 Å². The predicted molar refractivity (Wildman–Crippen MR) is 57.5 cm³/mol. The van der Waals surface area contributed by atoms with Crippen LogP contribution < -0.4 is 5.32 Å². The van der Waals surface area contributed by atoms with Gasteiger partial charge in [-0.3, -0.25) is 0 Å². The van der Waals surface area contributed by atoms with Crippen LogP contribution in [0.2, 0.25) is 0 Å². The van der Waals surface area contributed by atoms with Crippen LogP contribution in [0.5, 0.6) is 0 Å². The molecule has 0 radical (unpaired) electrons. The summed E-state index contributed by atoms with van der Waals surface area (Å²) in [5, 5.41) is 3.64. The van der Waals surface area contributed by atoms with Crippen molar-refractivity contribution in [1.29, 1.82) is 0 Å². The zero-order chi connectivity index (χ0) is 10.2. The summed E-state index contributed by atoms with van der Waals surface area (Å²) in [6, 6.07) is 1.13. The average molecular weight is 201 g/mol. The summed E-state index contributed by atoms with van der Waals surface area (Å²) >= 11 is 0. The van der Waals surface area contributed by atoms with Crippen LogP contribution in [-0.2, 0) is 9.47 Å². The highest BCUT2D eigenvalue weighted by molar-refractivity contribution is 4.74. The van der Waals surface area contributed by atoms with E-state index in [1.165, 1.54) is 12.8 Å². The van der Waals surface area contributed by atoms with Gasteiger partial charge in [-0.15, -0.1) is 0 Å². The van der Waals surface area contributed by atoms with Crippen molar-refractivity contribution in [3.8, 4) is 0 Å². The molecule has 0 aromatic rings. The molecule has 84 valence electrons. The monoisotopic (exact) mass is 201 g/mol. The normalized spacial score (nSPS) is 25.7. The Morgan fingerprint density at radius 3 is 3.00 bits per heavy atom. The summed E-state index contributed by atoms with van der Waals surface area (Å²) in [5.41, 5.74) is 0. The van der Waals surface area contributed by atoms with E-state index >= 15 is 0 Å². The molecule has 1 fully saturated rings. The van der Waals surface area contributed by atoms with Gasteiger partial charge in [0.05, 0.1) is 6.61 Å². The molecule has 0 bridgehead atoms. The number of ether oxygens (including phenoxy) is 2. The van der Waals surface area contributed by atoms with Crippen molar-refractivity contribution in [2.75, 3.05) is 26.9 Å². The Kier molecular flexibility index (Phi) is 6.15. The van der Waals surface area contributed by atoms with Crippen LogP contribution >= 0.6 is 0 Å². The molecule has 1 N–H and O–H groups in total. The first-order valence-corrected chi connectivity index (χ1v) is 5.69. The zero-order valence-corrected chi connectivity index (χ0v) is 9.42. The minimum absolute atomic E-state index is 0.503. The van der Waals surface area contributed by atoms with E-state index in [9.17, 15) is 0 Å². The molecule has 14 heavy (non-hydrogen) atoms. The summed E-state index contributed by atoms with van der Waals surface area (Å²) in [7, 11) is 1.76. The number of methoxy groups -OCH3 is 1. The number of hydrogen-bond acceptors (Lipinski definition) is 3. The first kappa shape index (κ1) is 12.0. The largest absolute Gasteiger partial charge is 0.383 e. The Bertz CT molecular complexity index is 133.